The molecule has 1 atom stereocenters. The molecule has 1 aliphatic carbocycles. The smallest absolute Gasteiger partial charge is 0.00180 e. The summed E-state index contributed by atoms with van der Waals surface area (Å²) in [7, 11) is 0. The van der Waals surface area contributed by atoms with Gasteiger partial charge in [-0.15, -0.1) is 0 Å². The van der Waals surface area contributed by atoms with Crippen LogP contribution in [0.2, 0.25) is 0 Å². The summed E-state index contributed by atoms with van der Waals surface area (Å²) in [5, 5.41) is 0. The fourth-order valence-electron chi connectivity index (χ4n) is 1.26. The highest BCUT2D eigenvalue weighted by Crippen LogP contribution is 2.29. The summed E-state index contributed by atoms with van der Waals surface area (Å²) in [6.07, 6.45) is 2.28. The summed E-state index contributed by atoms with van der Waals surface area (Å²) >= 11 is 0. The molecule has 9 heavy (non-hydrogen) atoms. The monoisotopic (exact) mass is 122 g/mol. The van der Waals surface area contributed by atoms with Crippen LogP contribution in [0.15, 0.2) is 22.8 Å². The SMILES string of the molecule is CC1=CC(C)=C(C)[C@H]1C. The molecule has 0 nitrogen and oxygen atoms in total. The van der Waals surface area contributed by atoms with Gasteiger partial charge in [-0.2, -0.15) is 0 Å². The van der Waals surface area contributed by atoms with Crippen LogP contribution >= 0.6 is 0 Å². The maximum atomic E-state index is 2.28. The van der Waals surface area contributed by atoms with Crippen molar-refractivity contribution < 1.29 is 0 Å². The fraction of sp³-hybridized carbons (Fsp3) is 0.556. The van der Waals surface area contributed by atoms with Crippen LogP contribution in [0.25, 0.3) is 0 Å². The van der Waals surface area contributed by atoms with Gasteiger partial charge in [0.2, 0.25) is 0 Å². The second kappa shape index (κ2) is 2.02. The van der Waals surface area contributed by atoms with Gasteiger partial charge in [0.15, 0.2) is 0 Å². The minimum Gasteiger partial charge on any atom is -0.0662 e. The average Bonchev–Trinajstić information content (AvgIpc) is 1.98. The van der Waals surface area contributed by atoms with Crippen LogP contribution in [0.1, 0.15) is 27.7 Å². The standard InChI is InChI=1S/C9H14/c1-6-5-7(2)9(4)8(6)3/h5,8H,1-4H3/t8-/m0/s1. The zero-order chi connectivity index (χ0) is 7.02. The highest BCUT2D eigenvalue weighted by atomic mass is 14.2. The molecule has 0 saturated heterocycles. The zero-order valence-electron chi connectivity index (χ0n) is 6.65. The lowest BCUT2D eigenvalue weighted by Gasteiger charge is -2.05. The van der Waals surface area contributed by atoms with E-state index in [0.717, 1.165) is 0 Å². The first-order valence-corrected chi connectivity index (χ1v) is 3.48. The van der Waals surface area contributed by atoms with Crippen LogP contribution in [0.5, 0.6) is 0 Å². The van der Waals surface area contributed by atoms with Crippen LogP contribution in [-0.4, -0.2) is 0 Å². The Hall–Kier alpha value is -0.520. The van der Waals surface area contributed by atoms with Crippen molar-refractivity contribution in [2.45, 2.75) is 27.7 Å². The van der Waals surface area contributed by atoms with Crippen LogP contribution in [0.4, 0.5) is 0 Å². The molecule has 0 spiro atoms. The van der Waals surface area contributed by atoms with Gasteiger partial charge < -0.3 is 0 Å². The molecule has 0 radical (unpaired) electrons. The molecule has 0 saturated carbocycles. The summed E-state index contributed by atoms with van der Waals surface area (Å²) in [6.45, 7) is 8.86. The first-order chi connectivity index (χ1) is 4.13. The van der Waals surface area contributed by atoms with Crippen molar-refractivity contribution in [3.8, 4) is 0 Å². The minimum atomic E-state index is 0.699. The van der Waals surface area contributed by atoms with Crippen molar-refractivity contribution in [3.63, 3.8) is 0 Å². The van der Waals surface area contributed by atoms with Gasteiger partial charge in [-0.05, 0) is 26.7 Å². The Bertz CT molecular complexity index is 182. The first-order valence-electron chi connectivity index (χ1n) is 3.48. The van der Waals surface area contributed by atoms with E-state index in [0.29, 0.717) is 5.92 Å². The Kier molecular flexibility index (Phi) is 1.48. The topological polar surface area (TPSA) is 0 Å². The molecule has 0 aromatic carbocycles. The van der Waals surface area contributed by atoms with Crippen molar-refractivity contribution in [2.24, 2.45) is 5.92 Å². The lowest BCUT2D eigenvalue weighted by atomic mass is 10.0. The van der Waals surface area contributed by atoms with Crippen LogP contribution in [0.3, 0.4) is 0 Å². The van der Waals surface area contributed by atoms with E-state index in [2.05, 4.69) is 33.8 Å². The Balaban J connectivity index is 2.92. The molecule has 0 heteroatoms. The summed E-state index contributed by atoms with van der Waals surface area (Å²) < 4.78 is 0. The predicted octanol–water partition coefficient (Wildman–Crippen LogP) is 2.92. The number of rotatable bonds is 0. The van der Waals surface area contributed by atoms with Gasteiger partial charge in [0.1, 0.15) is 0 Å². The maximum Gasteiger partial charge on any atom is -0.00180 e. The molecule has 0 aromatic rings. The molecule has 0 bridgehead atoms. The second-order valence-electron chi connectivity index (χ2n) is 2.98. The maximum absolute atomic E-state index is 2.28. The van der Waals surface area contributed by atoms with Crippen molar-refractivity contribution in [1.82, 2.24) is 0 Å². The molecule has 0 fully saturated rings. The van der Waals surface area contributed by atoms with E-state index < -0.39 is 0 Å². The summed E-state index contributed by atoms with van der Waals surface area (Å²) in [5.74, 6) is 0.699. The molecule has 0 amide bonds. The van der Waals surface area contributed by atoms with Crippen molar-refractivity contribution in [2.75, 3.05) is 0 Å². The van der Waals surface area contributed by atoms with Crippen LogP contribution in [0, 0.1) is 5.92 Å². The van der Waals surface area contributed by atoms with Crippen molar-refractivity contribution in [1.29, 1.82) is 0 Å². The molecule has 1 rings (SSSR count). The molecule has 0 aromatic heterocycles. The van der Waals surface area contributed by atoms with Gasteiger partial charge >= 0.3 is 0 Å². The Morgan fingerprint density at radius 1 is 1.22 bits per heavy atom. The van der Waals surface area contributed by atoms with Gasteiger partial charge in [-0.25, -0.2) is 0 Å². The number of allylic oxidation sites excluding steroid dienone is 4. The third-order valence-electron chi connectivity index (χ3n) is 2.40. The lowest BCUT2D eigenvalue weighted by molar-refractivity contribution is 0.817. The Labute approximate surface area is 57.3 Å². The van der Waals surface area contributed by atoms with Gasteiger partial charge in [0, 0.05) is 0 Å². The van der Waals surface area contributed by atoms with E-state index in [-0.39, 0.29) is 0 Å². The van der Waals surface area contributed by atoms with Gasteiger partial charge in [-0.3, -0.25) is 0 Å². The van der Waals surface area contributed by atoms with Gasteiger partial charge in [0.25, 0.3) is 0 Å². The van der Waals surface area contributed by atoms with E-state index in [1.165, 1.54) is 16.7 Å². The Morgan fingerprint density at radius 3 is 1.89 bits per heavy atom. The average molecular weight is 122 g/mol. The van der Waals surface area contributed by atoms with Crippen molar-refractivity contribution in [3.05, 3.63) is 22.8 Å². The van der Waals surface area contributed by atoms with Gasteiger partial charge in [0.05, 0.1) is 0 Å². The summed E-state index contributed by atoms with van der Waals surface area (Å²) in [4.78, 5) is 0. The summed E-state index contributed by atoms with van der Waals surface area (Å²) in [6, 6.07) is 0. The van der Waals surface area contributed by atoms with Gasteiger partial charge in [-0.1, -0.05) is 29.7 Å². The van der Waals surface area contributed by atoms with E-state index in [1.54, 1.807) is 0 Å². The fourth-order valence-corrected chi connectivity index (χ4v) is 1.26. The molecule has 0 unspecified atom stereocenters. The third-order valence-corrected chi connectivity index (χ3v) is 2.40. The number of hydrogen-bond donors (Lipinski definition) is 0. The minimum absolute atomic E-state index is 0.699. The van der Waals surface area contributed by atoms with E-state index in [1.807, 2.05) is 0 Å². The Morgan fingerprint density at radius 2 is 1.78 bits per heavy atom. The largest absolute Gasteiger partial charge is 0.0662 e. The van der Waals surface area contributed by atoms with Crippen LogP contribution in [-0.2, 0) is 0 Å². The van der Waals surface area contributed by atoms with E-state index in [9.17, 15) is 0 Å². The third kappa shape index (κ3) is 0.937. The molecule has 50 valence electrons. The second-order valence-corrected chi connectivity index (χ2v) is 2.98. The van der Waals surface area contributed by atoms with Crippen LogP contribution < -0.4 is 0 Å². The molecular weight excluding hydrogens is 108 g/mol. The van der Waals surface area contributed by atoms with E-state index >= 15 is 0 Å². The zero-order valence-corrected chi connectivity index (χ0v) is 6.65. The molecule has 0 N–H and O–H groups in total. The number of hydrogen-bond acceptors (Lipinski definition) is 0. The van der Waals surface area contributed by atoms with Crippen molar-refractivity contribution >= 4 is 0 Å². The molecule has 0 heterocycles. The highest BCUT2D eigenvalue weighted by molar-refractivity contribution is 5.38. The molecular formula is C9H14. The first kappa shape index (κ1) is 6.60. The van der Waals surface area contributed by atoms with E-state index in [4.69, 9.17) is 0 Å². The highest BCUT2D eigenvalue weighted by Gasteiger charge is 2.13. The lowest BCUT2D eigenvalue weighted by Crippen LogP contribution is -1.91. The molecule has 1 aliphatic rings. The predicted molar refractivity (Wildman–Crippen MR) is 41.3 cm³/mol. The normalized spacial score (nSPS) is 27.1. The molecule has 0 aliphatic heterocycles. The summed E-state index contributed by atoms with van der Waals surface area (Å²) in [5.41, 5.74) is 4.50. The quantitative estimate of drug-likeness (QED) is 0.463.